The monoisotopic (exact) mass is 275 g/mol. The molecule has 0 saturated carbocycles. The SMILES string of the molecule is CC(C)C1CCCN(C(=O)COCc2ccccc2)C1. The molecule has 1 aromatic rings. The van der Waals surface area contributed by atoms with Gasteiger partial charge < -0.3 is 9.64 Å². The first-order chi connectivity index (χ1) is 9.66. The number of likely N-dealkylation sites (tertiary alicyclic amines) is 1. The van der Waals surface area contributed by atoms with Gasteiger partial charge in [-0.1, -0.05) is 44.2 Å². The van der Waals surface area contributed by atoms with Crippen molar-refractivity contribution in [2.45, 2.75) is 33.3 Å². The first-order valence-corrected chi connectivity index (χ1v) is 7.56. The Morgan fingerprint density at radius 3 is 2.80 bits per heavy atom. The predicted octanol–water partition coefficient (Wildman–Crippen LogP) is 3.10. The first kappa shape index (κ1) is 15.0. The molecular formula is C17H25NO2. The van der Waals surface area contributed by atoms with E-state index in [1.54, 1.807) is 0 Å². The second kappa shape index (κ2) is 7.44. The van der Waals surface area contributed by atoms with Crippen molar-refractivity contribution < 1.29 is 9.53 Å². The summed E-state index contributed by atoms with van der Waals surface area (Å²) in [5, 5.41) is 0. The van der Waals surface area contributed by atoms with E-state index in [0.29, 0.717) is 18.4 Å². The quantitative estimate of drug-likeness (QED) is 0.826. The zero-order valence-electron chi connectivity index (χ0n) is 12.5. The van der Waals surface area contributed by atoms with Crippen molar-refractivity contribution in [3.63, 3.8) is 0 Å². The van der Waals surface area contributed by atoms with E-state index in [2.05, 4.69) is 13.8 Å². The van der Waals surface area contributed by atoms with Crippen molar-refractivity contribution in [2.75, 3.05) is 19.7 Å². The van der Waals surface area contributed by atoms with Crippen LogP contribution in [0.1, 0.15) is 32.3 Å². The molecule has 1 aliphatic rings. The fraction of sp³-hybridized carbons (Fsp3) is 0.588. The average molecular weight is 275 g/mol. The summed E-state index contributed by atoms with van der Waals surface area (Å²) in [5.74, 6) is 1.42. The molecule has 1 aromatic carbocycles. The van der Waals surface area contributed by atoms with Gasteiger partial charge in [-0.2, -0.15) is 0 Å². The van der Waals surface area contributed by atoms with Crippen LogP contribution in [0.4, 0.5) is 0 Å². The molecule has 3 nitrogen and oxygen atoms in total. The fourth-order valence-corrected chi connectivity index (χ4v) is 2.70. The molecule has 0 N–H and O–H groups in total. The van der Waals surface area contributed by atoms with E-state index >= 15 is 0 Å². The van der Waals surface area contributed by atoms with Crippen LogP contribution in [0.5, 0.6) is 0 Å². The van der Waals surface area contributed by atoms with Crippen LogP contribution >= 0.6 is 0 Å². The molecule has 3 heteroatoms. The largest absolute Gasteiger partial charge is 0.367 e. The molecule has 1 amide bonds. The lowest BCUT2D eigenvalue weighted by atomic mass is 9.88. The summed E-state index contributed by atoms with van der Waals surface area (Å²) in [5.41, 5.74) is 1.11. The zero-order valence-corrected chi connectivity index (χ0v) is 12.5. The molecule has 0 bridgehead atoms. The summed E-state index contributed by atoms with van der Waals surface area (Å²) >= 11 is 0. The normalized spacial score (nSPS) is 19.4. The van der Waals surface area contributed by atoms with Crippen LogP contribution in [-0.2, 0) is 16.1 Å². The van der Waals surface area contributed by atoms with E-state index < -0.39 is 0 Å². The highest BCUT2D eigenvalue weighted by Gasteiger charge is 2.25. The number of benzene rings is 1. The Labute approximate surface area is 121 Å². The van der Waals surface area contributed by atoms with Gasteiger partial charge in [-0.05, 0) is 30.2 Å². The first-order valence-electron chi connectivity index (χ1n) is 7.56. The van der Waals surface area contributed by atoms with Crippen molar-refractivity contribution in [2.24, 2.45) is 11.8 Å². The molecule has 1 unspecified atom stereocenters. The Morgan fingerprint density at radius 1 is 1.35 bits per heavy atom. The molecule has 1 aliphatic heterocycles. The van der Waals surface area contributed by atoms with Crippen LogP contribution in [0.2, 0.25) is 0 Å². The van der Waals surface area contributed by atoms with E-state index in [1.807, 2.05) is 35.2 Å². The minimum atomic E-state index is 0.131. The van der Waals surface area contributed by atoms with E-state index in [0.717, 1.165) is 25.1 Å². The summed E-state index contributed by atoms with van der Waals surface area (Å²) < 4.78 is 5.54. The van der Waals surface area contributed by atoms with Crippen molar-refractivity contribution in [1.29, 1.82) is 0 Å². The maximum atomic E-state index is 12.2. The third-order valence-electron chi connectivity index (χ3n) is 4.09. The highest BCUT2D eigenvalue weighted by Crippen LogP contribution is 2.23. The number of hydrogen-bond donors (Lipinski definition) is 0. The van der Waals surface area contributed by atoms with Gasteiger partial charge in [0, 0.05) is 13.1 Å². The van der Waals surface area contributed by atoms with E-state index in [1.165, 1.54) is 6.42 Å². The van der Waals surface area contributed by atoms with Crippen molar-refractivity contribution in [1.82, 2.24) is 4.90 Å². The van der Waals surface area contributed by atoms with Crippen LogP contribution in [-0.4, -0.2) is 30.5 Å². The lowest BCUT2D eigenvalue weighted by Gasteiger charge is -2.34. The Balaban J connectivity index is 1.74. The lowest BCUT2D eigenvalue weighted by molar-refractivity contribution is -0.138. The van der Waals surface area contributed by atoms with Gasteiger partial charge in [0.05, 0.1) is 6.61 Å². The molecule has 0 spiro atoms. The molecule has 0 radical (unpaired) electrons. The smallest absolute Gasteiger partial charge is 0.248 e. The molecule has 20 heavy (non-hydrogen) atoms. The Hall–Kier alpha value is -1.35. The summed E-state index contributed by atoms with van der Waals surface area (Å²) in [6.45, 7) is 6.96. The van der Waals surface area contributed by atoms with Gasteiger partial charge in [-0.15, -0.1) is 0 Å². The van der Waals surface area contributed by atoms with Crippen molar-refractivity contribution in [3.05, 3.63) is 35.9 Å². The second-order valence-electron chi connectivity index (χ2n) is 5.96. The average Bonchev–Trinajstić information content (AvgIpc) is 2.48. The summed E-state index contributed by atoms with van der Waals surface area (Å²) in [7, 11) is 0. The minimum absolute atomic E-state index is 0.131. The van der Waals surface area contributed by atoms with Crippen molar-refractivity contribution in [3.8, 4) is 0 Å². The van der Waals surface area contributed by atoms with Gasteiger partial charge >= 0.3 is 0 Å². The van der Waals surface area contributed by atoms with E-state index in [-0.39, 0.29) is 12.5 Å². The van der Waals surface area contributed by atoms with Gasteiger partial charge in [-0.3, -0.25) is 4.79 Å². The third kappa shape index (κ3) is 4.34. The highest BCUT2D eigenvalue weighted by molar-refractivity contribution is 5.77. The maximum Gasteiger partial charge on any atom is 0.248 e. The fourth-order valence-electron chi connectivity index (χ4n) is 2.70. The zero-order chi connectivity index (χ0) is 14.4. The van der Waals surface area contributed by atoms with E-state index in [9.17, 15) is 4.79 Å². The van der Waals surface area contributed by atoms with Crippen LogP contribution in [0.15, 0.2) is 30.3 Å². The Morgan fingerprint density at radius 2 is 2.10 bits per heavy atom. The van der Waals surface area contributed by atoms with Gasteiger partial charge in [0.2, 0.25) is 5.91 Å². The van der Waals surface area contributed by atoms with Crippen LogP contribution in [0, 0.1) is 11.8 Å². The second-order valence-corrected chi connectivity index (χ2v) is 5.96. The lowest BCUT2D eigenvalue weighted by Crippen LogP contribution is -2.43. The van der Waals surface area contributed by atoms with Gasteiger partial charge in [-0.25, -0.2) is 0 Å². The number of nitrogens with zero attached hydrogens (tertiary/aromatic N) is 1. The molecule has 1 saturated heterocycles. The molecular weight excluding hydrogens is 250 g/mol. The number of carbonyl (C=O) groups excluding carboxylic acids is 1. The number of piperidine rings is 1. The number of hydrogen-bond acceptors (Lipinski definition) is 2. The standard InChI is InChI=1S/C17H25NO2/c1-14(2)16-9-6-10-18(11-16)17(19)13-20-12-15-7-4-3-5-8-15/h3-5,7-8,14,16H,6,9-13H2,1-2H3. The van der Waals surface area contributed by atoms with Crippen molar-refractivity contribution >= 4 is 5.91 Å². The maximum absolute atomic E-state index is 12.2. The number of rotatable bonds is 5. The molecule has 1 heterocycles. The summed E-state index contributed by atoms with van der Waals surface area (Å²) in [6, 6.07) is 9.98. The molecule has 1 atom stereocenters. The number of ether oxygens (including phenoxy) is 1. The van der Waals surface area contributed by atoms with Crippen LogP contribution in [0.25, 0.3) is 0 Å². The molecule has 0 aromatic heterocycles. The van der Waals surface area contributed by atoms with Gasteiger partial charge in [0.25, 0.3) is 0 Å². The molecule has 0 aliphatic carbocycles. The minimum Gasteiger partial charge on any atom is -0.367 e. The third-order valence-corrected chi connectivity index (χ3v) is 4.09. The topological polar surface area (TPSA) is 29.5 Å². The number of carbonyl (C=O) groups is 1. The molecule has 1 fully saturated rings. The Kier molecular flexibility index (Phi) is 5.60. The van der Waals surface area contributed by atoms with Crippen LogP contribution in [0.3, 0.4) is 0 Å². The predicted molar refractivity (Wildman–Crippen MR) is 80.2 cm³/mol. The van der Waals surface area contributed by atoms with Gasteiger partial charge in [0.15, 0.2) is 0 Å². The van der Waals surface area contributed by atoms with Gasteiger partial charge in [0.1, 0.15) is 6.61 Å². The molecule has 110 valence electrons. The molecule has 2 rings (SSSR count). The van der Waals surface area contributed by atoms with E-state index in [4.69, 9.17) is 4.74 Å². The van der Waals surface area contributed by atoms with Crippen LogP contribution < -0.4 is 0 Å². The number of amides is 1. The Bertz CT molecular complexity index is 416. The summed E-state index contributed by atoms with van der Waals surface area (Å²) in [4.78, 5) is 14.1. The summed E-state index contributed by atoms with van der Waals surface area (Å²) in [6.07, 6.45) is 2.36. The highest BCUT2D eigenvalue weighted by atomic mass is 16.5.